The molecule has 0 aliphatic heterocycles. The van der Waals surface area contributed by atoms with Gasteiger partial charge >= 0.3 is 0 Å². The predicted octanol–water partition coefficient (Wildman–Crippen LogP) is 14.2. The molecule has 0 spiro atoms. The van der Waals surface area contributed by atoms with Gasteiger partial charge in [-0.3, -0.25) is 0 Å². The third-order valence-corrected chi connectivity index (χ3v) is 11.2. The number of rotatable bonds is 7. The SMILES string of the molecule is C=C(c1ccccc1)N(c1ccc(C2CCC2)c(-c2cc(-c3cc4ccc5ccccc5c4c4ccccc34)ccc2C)c1)c1ccccc1C. The summed E-state index contributed by atoms with van der Waals surface area (Å²) in [5, 5.41) is 7.77. The molecule has 0 aromatic heterocycles. The lowest BCUT2D eigenvalue weighted by molar-refractivity contribution is 0.420. The fraction of sp³-hybridized carbons (Fsp3) is 0.120. The summed E-state index contributed by atoms with van der Waals surface area (Å²) in [6.07, 6.45) is 3.78. The van der Waals surface area contributed by atoms with Crippen LogP contribution in [-0.4, -0.2) is 0 Å². The van der Waals surface area contributed by atoms with E-state index in [2.05, 4.69) is 183 Å². The Hall–Kier alpha value is -5.92. The molecule has 1 aliphatic rings. The van der Waals surface area contributed by atoms with Gasteiger partial charge in [0.25, 0.3) is 0 Å². The van der Waals surface area contributed by atoms with Crippen molar-refractivity contribution in [2.24, 2.45) is 0 Å². The van der Waals surface area contributed by atoms with Crippen LogP contribution in [0.4, 0.5) is 11.4 Å². The van der Waals surface area contributed by atoms with Gasteiger partial charge < -0.3 is 4.90 Å². The van der Waals surface area contributed by atoms with Gasteiger partial charge in [0.1, 0.15) is 0 Å². The number of hydrogen-bond donors (Lipinski definition) is 0. The molecule has 246 valence electrons. The summed E-state index contributed by atoms with van der Waals surface area (Å²) in [7, 11) is 0. The van der Waals surface area contributed by atoms with Gasteiger partial charge in [-0.05, 0) is 140 Å². The van der Waals surface area contributed by atoms with Crippen LogP contribution < -0.4 is 4.90 Å². The molecule has 0 heterocycles. The molecule has 0 amide bonds. The van der Waals surface area contributed by atoms with Crippen LogP contribution in [0.5, 0.6) is 0 Å². The summed E-state index contributed by atoms with van der Waals surface area (Å²) >= 11 is 0. The summed E-state index contributed by atoms with van der Waals surface area (Å²) < 4.78 is 0. The maximum atomic E-state index is 4.68. The lowest BCUT2D eigenvalue weighted by atomic mass is 9.76. The van der Waals surface area contributed by atoms with Crippen molar-refractivity contribution in [1.82, 2.24) is 0 Å². The molecular weight excluding hydrogens is 615 g/mol. The largest absolute Gasteiger partial charge is 0.310 e. The first-order valence-corrected chi connectivity index (χ1v) is 18.2. The van der Waals surface area contributed by atoms with Gasteiger partial charge in [0.15, 0.2) is 0 Å². The molecule has 0 radical (unpaired) electrons. The number of anilines is 2. The van der Waals surface area contributed by atoms with Gasteiger partial charge in [0.2, 0.25) is 0 Å². The fourth-order valence-corrected chi connectivity index (χ4v) is 8.20. The molecule has 1 fully saturated rings. The van der Waals surface area contributed by atoms with E-state index in [1.165, 1.54) is 90.5 Å². The van der Waals surface area contributed by atoms with Crippen molar-refractivity contribution in [2.75, 3.05) is 4.90 Å². The van der Waals surface area contributed by atoms with E-state index in [9.17, 15) is 0 Å². The smallest absolute Gasteiger partial charge is 0.0490 e. The molecule has 0 bridgehead atoms. The standard InChI is InChI=1S/C50H41N/c1-33-24-25-39(47-31-40-27-26-38-17-8-9-20-43(38)50(40)45-22-11-10-21-44(45)47)30-46(33)48-32-41(28-29-42(48)37-18-13-19-37)51(49-23-12-7-14-34(49)2)35(3)36-15-5-4-6-16-36/h4-12,14-17,20-32,37H,3,13,18-19H2,1-2H3. The molecule has 0 unspecified atom stereocenters. The van der Waals surface area contributed by atoms with Crippen LogP contribution in [0.25, 0.3) is 60.3 Å². The first kappa shape index (κ1) is 31.1. The van der Waals surface area contributed by atoms with Crippen LogP contribution in [0.3, 0.4) is 0 Å². The zero-order valence-electron chi connectivity index (χ0n) is 29.4. The quantitative estimate of drug-likeness (QED) is 0.154. The van der Waals surface area contributed by atoms with Crippen molar-refractivity contribution in [3.05, 3.63) is 187 Å². The Balaban J connectivity index is 1.25. The Morgan fingerprint density at radius 2 is 1.25 bits per heavy atom. The van der Waals surface area contributed by atoms with Gasteiger partial charge in [-0.1, -0.05) is 140 Å². The molecule has 1 heteroatoms. The minimum absolute atomic E-state index is 0.580. The van der Waals surface area contributed by atoms with Gasteiger partial charge in [-0.2, -0.15) is 0 Å². The van der Waals surface area contributed by atoms with E-state index in [0.717, 1.165) is 22.6 Å². The van der Waals surface area contributed by atoms with Gasteiger partial charge in [-0.15, -0.1) is 0 Å². The maximum absolute atomic E-state index is 4.68. The third kappa shape index (κ3) is 5.41. The average Bonchev–Trinajstić information content (AvgIpc) is 3.15. The maximum Gasteiger partial charge on any atom is 0.0490 e. The van der Waals surface area contributed by atoms with Crippen molar-refractivity contribution in [3.8, 4) is 22.3 Å². The van der Waals surface area contributed by atoms with Crippen molar-refractivity contribution >= 4 is 49.4 Å². The highest BCUT2D eigenvalue weighted by Gasteiger charge is 2.26. The summed E-state index contributed by atoms with van der Waals surface area (Å²) in [4.78, 5) is 2.35. The number of fused-ring (bicyclic) bond motifs is 5. The molecule has 51 heavy (non-hydrogen) atoms. The first-order valence-electron chi connectivity index (χ1n) is 18.2. The summed E-state index contributed by atoms with van der Waals surface area (Å²) in [5.74, 6) is 0.580. The zero-order chi connectivity index (χ0) is 34.5. The molecular formula is C50H41N. The second-order valence-corrected chi connectivity index (χ2v) is 14.2. The number of hydrogen-bond acceptors (Lipinski definition) is 1. The number of nitrogens with zero attached hydrogens (tertiary/aromatic N) is 1. The highest BCUT2D eigenvalue weighted by Crippen LogP contribution is 2.47. The van der Waals surface area contributed by atoms with Crippen LogP contribution >= 0.6 is 0 Å². The summed E-state index contributed by atoms with van der Waals surface area (Å²) in [5.41, 5.74) is 13.5. The molecule has 1 nitrogen and oxygen atoms in total. The Bertz CT molecular complexity index is 2610. The minimum Gasteiger partial charge on any atom is -0.310 e. The topological polar surface area (TPSA) is 3.24 Å². The second-order valence-electron chi connectivity index (χ2n) is 14.2. The molecule has 1 aliphatic carbocycles. The van der Waals surface area contributed by atoms with Crippen molar-refractivity contribution in [2.45, 2.75) is 39.0 Å². The van der Waals surface area contributed by atoms with E-state index < -0.39 is 0 Å². The lowest BCUT2D eigenvalue weighted by Gasteiger charge is -2.32. The molecule has 1 saturated carbocycles. The van der Waals surface area contributed by atoms with Crippen LogP contribution in [0.2, 0.25) is 0 Å². The van der Waals surface area contributed by atoms with E-state index in [1.54, 1.807) is 0 Å². The average molecular weight is 656 g/mol. The highest BCUT2D eigenvalue weighted by atomic mass is 15.1. The van der Waals surface area contributed by atoms with E-state index in [-0.39, 0.29) is 0 Å². The van der Waals surface area contributed by atoms with Crippen LogP contribution in [0.1, 0.15) is 47.4 Å². The first-order chi connectivity index (χ1) is 25.0. The number of benzene rings is 8. The van der Waals surface area contributed by atoms with Gasteiger partial charge in [0, 0.05) is 17.1 Å². The van der Waals surface area contributed by atoms with Crippen LogP contribution in [-0.2, 0) is 0 Å². The summed E-state index contributed by atoms with van der Waals surface area (Å²) in [6.45, 7) is 9.13. The Kier molecular flexibility index (Phi) is 7.78. The number of aryl methyl sites for hydroxylation is 2. The molecule has 0 saturated heterocycles. The Labute approximate surface area is 301 Å². The fourth-order valence-electron chi connectivity index (χ4n) is 8.20. The van der Waals surface area contributed by atoms with E-state index in [4.69, 9.17) is 0 Å². The lowest BCUT2D eigenvalue weighted by Crippen LogP contribution is -2.17. The van der Waals surface area contributed by atoms with Crippen molar-refractivity contribution < 1.29 is 0 Å². The normalized spacial score (nSPS) is 13.1. The van der Waals surface area contributed by atoms with E-state index in [1.807, 2.05) is 0 Å². The number of para-hydroxylation sites is 1. The van der Waals surface area contributed by atoms with Crippen LogP contribution in [0.15, 0.2) is 164 Å². The molecule has 9 rings (SSSR count). The van der Waals surface area contributed by atoms with E-state index >= 15 is 0 Å². The highest BCUT2D eigenvalue weighted by molar-refractivity contribution is 6.23. The van der Waals surface area contributed by atoms with Crippen LogP contribution in [0, 0.1) is 13.8 Å². The zero-order valence-corrected chi connectivity index (χ0v) is 29.4. The second kappa shape index (κ2) is 12.8. The minimum atomic E-state index is 0.580. The third-order valence-electron chi connectivity index (χ3n) is 11.2. The predicted molar refractivity (Wildman–Crippen MR) is 220 cm³/mol. The molecule has 8 aromatic rings. The van der Waals surface area contributed by atoms with Gasteiger partial charge in [0.05, 0.1) is 0 Å². The monoisotopic (exact) mass is 655 g/mol. The Morgan fingerprint density at radius 1 is 0.549 bits per heavy atom. The van der Waals surface area contributed by atoms with Crippen molar-refractivity contribution in [3.63, 3.8) is 0 Å². The Morgan fingerprint density at radius 3 is 2.04 bits per heavy atom. The van der Waals surface area contributed by atoms with Gasteiger partial charge in [-0.25, -0.2) is 0 Å². The molecule has 0 N–H and O–H groups in total. The molecule has 8 aromatic carbocycles. The van der Waals surface area contributed by atoms with Crippen molar-refractivity contribution in [1.29, 1.82) is 0 Å². The van der Waals surface area contributed by atoms with E-state index in [0.29, 0.717) is 5.92 Å². The molecule has 0 atom stereocenters. The summed E-state index contributed by atoms with van der Waals surface area (Å²) in [6, 6.07) is 58.1.